The Bertz CT molecular complexity index is 1600. The molecule has 3 N–H and O–H groups in total. The smallest absolute Gasteiger partial charge is 0.339 e. The van der Waals surface area contributed by atoms with Crippen LogP contribution in [0.5, 0.6) is 11.5 Å². The van der Waals surface area contributed by atoms with Crippen LogP contribution in [0.3, 0.4) is 0 Å². The van der Waals surface area contributed by atoms with Crippen molar-refractivity contribution in [2.75, 3.05) is 30.9 Å². The molecule has 0 saturated carbocycles. The lowest BCUT2D eigenvalue weighted by molar-refractivity contribution is -0.113. The zero-order valence-corrected chi connectivity index (χ0v) is 22.7. The van der Waals surface area contributed by atoms with Crippen LogP contribution in [0.25, 0.3) is 11.4 Å². The second kappa shape index (κ2) is 12.6. The molecular formula is C31H32N6O3. The first-order valence-electron chi connectivity index (χ1n) is 12.7. The molecule has 9 nitrogen and oxygen atoms in total. The number of nitrogens with zero attached hydrogens (tertiary/aromatic N) is 3. The molecule has 0 aliphatic rings. The number of likely N-dealkylation sites (N-methyl/N-ethyl adjacent to an activating group) is 2. The van der Waals surface area contributed by atoms with E-state index in [9.17, 15) is 9.59 Å². The Morgan fingerprint density at radius 2 is 1.70 bits per heavy atom. The molecular weight excluding hydrogens is 504 g/mol. The van der Waals surface area contributed by atoms with Crippen molar-refractivity contribution < 1.29 is 9.53 Å². The van der Waals surface area contributed by atoms with Crippen LogP contribution >= 0.6 is 0 Å². The highest BCUT2D eigenvalue weighted by Crippen LogP contribution is 2.27. The number of hydrogen-bond donors (Lipinski definition) is 3. The predicted octanol–water partition coefficient (Wildman–Crippen LogP) is 5.10. The van der Waals surface area contributed by atoms with E-state index in [1.165, 1.54) is 26.3 Å². The number of para-hydroxylation sites is 1. The minimum Gasteiger partial charge on any atom is -0.457 e. The highest BCUT2D eigenvalue weighted by atomic mass is 16.5. The number of carbonyl (C=O) groups excluding carboxylic acids is 1. The van der Waals surface area contributed by atoms with Gasteiger partial charge in [0.05, 0.1) is 17.1 Å². The molecule has 0 bridgehead atoms. The lowest BCUT2D eigenvalue weighted by Crippen LogP contribution is -2.26. The quantitative estimate of drug-likeness (QED) is 0.183. The van der Waals surface area contributed by atoms with Crippen molar-refractivity contribution in [2.45, 2.75) is 6.92 Å². The van der Waals surface area contributed by atoms with E-state index < -0.39 is 0 Å². The summed E-state index contributed by atoms with van der Waals surface area (Å²) in [5.74, 6) is 1.50. The van der Waals surface area contributed by atoms with E-state index >= 15 is 0 Å². The summed E-state index contributed by atoms with van der Waals surface area (Å²) >= 11 is 0. The van der Waals surface area contributed by atoms with Gasteiger partial charge in [-0.25, -0.2) is 9.36 Å². The fourth-order valence-electron chi connectivity index (χ4n) is 4.20. The maximum absolute atomic E-state index is 14.0. The number of rotatable bonds is 11. The second-order valence-corrected chi connectivity index (χ2v) is 8.91. The molecule has 4 rings (SSSR count). The van der Waals surface area contributed by atoms with E-state index in [2.05, 4.69) is 17.2 Å². The van der Waals surface area contributed by atoms with E-state index in [0.717, 1.165) is 0 Å². The van der Waals surface area contributed by atoms with Crippen molar-refractivity contribution in [3.63, 3.8) is 0 Å². The summed E-state index contributed by atoms with van der Waals surface area (Å²) < 4.78 is 8.85. The minimum absolute atomic E-state index is 0.183. The first-order chi connectivity index (χ1) is 19.3. The first-order valence-corrected chi connectivity index (χ1v) is 12.7. The van der Waals surface area contributed by atoms with Gasteiger partial charge < -0.3 is 25.7 Å². The molecule has 1 heterocycles. The summed E-state index contributed by atoms with van der Waals surface area (Å²) in [5, 5.41) is 14.5. The first kappa shape index (κ1) is 27.9. The van der Waals surface area contributed by atoms with Crippen LogP contribution in [0.2, 0.25) is 0 Å². The van der Waals surface area contributed by atoms with Gasteiger partial charge in [0, 0.05) is 25.4 Å². The molecule has 9 heteroatoms. The molecule has 204 valence electrons. The number of carbonyl (C=O) groups is 1. The fourth-order valence-corrected chi connectivity index (χ4v) is 4.20. The highest BCUT2D eigenvalue weighted by Gasteiger charge is 2.24. The minimum atomic E-state index is -0.386. The second-order valence-electron chi connectivity index (χ2n) is 8.91. The molecule has 0 fully saturated rings. The van der Waals surface area contributed by atoms with Crippen LogP contribution in [0.1, 0.15) is 12.6 Å². The van der Waals surface area contributed by atoms with E-state index in [-0.39, 0.29) is 17.3 Å². The largest absolute Gasteiger partial charge is 0.457 e. The van der Waals surface area contributed by atoms with Crippen LogP contribution in [0, 0.1) is 5.41 Å². The van der Waals surface area contributed by atoms with Crippen molar-refractivity contribution in [3.05, 3.63) is 120 Å². The average Bonchev–Trinajstić information content (AvgIpc) is 3.25. The third kappa shape index (κ3) is 5.95. The summed E-state index contributed by atoms with van der Waals surface area (Å²) in [6.07, 6.45) is 4.71. The SMILES string of the molecule is C=CNc1c(C(C)=N)n(-c2ccc(Oc3ccccc3)cc2)c(=O)n1-c1cccc(N(C)C(=O)/C=C/CNC)c1. The summed E-state index contributed by atoms with van der Waals surface area (Å²) in [5.41, 5.74) is 1.88. The summed E-state index contributed by atoms with van der Waals surface area (Å²) in [4.78, 5) is 28.1. The van der Waals surface area contributed by atoms with Crippen LogP contribution < -0.4 is 26.0 Å². The Balaban J connectivity index is 1.78. The molecule has 0 aliphatic heterocycles. The molecule has 0 atom stereocenters. The van der Waals surface area contributed by atoms with Gasteiger partial charge in [0.25, 0.3) is 0 Å². The monoisotopic (exact) mass is 536 g/mol. The fraction of sp³-hybridized carbons (Fsp3) is 0.129. The molecule has 0 radical (unpaired) electrons. The number of nitrogens with one attached hydrogen (secondary N) is 3. The number of hydrogen-bond acceptors (Lipinski definition) is 6. The standard InChI is InChI=1S/C31H32N6O3/c1-5-34-30-29(22(2)32)36(23-16-18-27(19-17-23)40-26-13-7-6-8-14-26)31(39)37(30)25-12-9-11-24(21-25)35(4)28(38)15-10-20-33-3/h5-19,21,32-34H,1,20H2,2-4H3/b15-10+,32-22?. The van der Waals surface area contributed by atoms with Crippen LogP contribution in [0.15, 0.2) is 109 Å². The predicted molar refractivity (Wildman–Crippen MR) is 161 cm³/mol. The van der Waals surface area contributed by atoms with E-state index in [4.69, 9.17) is 10.1 Å². The van der Waals surface area contributed by atoms with Crippen molar-refractivity contribution in [1.82, 2.24) is 14.5 Å². The molecule has 0 unspecified atom stereocenters. The number of ether oxygens (including phenoxy) is 1. The molecule has 0 aliphatic carbocycles. The summed E-state index contributed by atoms with van der Waals surface area (Å²) in [6.45, 7) is 5.97. The Morgan fingerprint density at radius 3 is 2.35 bits per heavy atom. The van der Waals surface area contributed by atoms with Crippen molar-refractivity contribution >= 4 is 23.1 Å². The number of benzene rings is 3. The zero-order chi connectivity index (χ0) is 28.6. The van der Waals surface area contributed by atoms with E-state index in [1.54, 1.807) is 75.6 Å². The van der Waals surface area contributed by atoms with E-state index in [0.29, 0.717) is 46.6 Å². The van der Waals surface area contributed by atoms with Crippen molar-refractivity contribution in [2.24, 2.45) is 0 Å². The molecule has 1 amide bonds. The third-order valence-corrected chi connectivity index (χ3v) is 6.11. The maximum Gasteiger partial charge on any atom is 0.339 e. The lowest BCUT2D eigenvalue weighted by atomic mass is 10.2. The van der Waals surface area contributed by atoms with E-state index in [1.807, 2.05) is 30.3 Å². The van der Waals surface area contributed by atoms with Gasteiger partial charge in [-0.2, -0.15) is 0 Å². The van der Waals surface area contributed by atoms with Crippen LogP contribution in [0.4, 0.5) is 11.5 Å². The van der Waals surface area contributed by atoms with Crippen molar-refractivity contribution in [1.29, 1.82) is 5.41 Å². The van der Waals surface area contributed by atoms with Gasteiger partial charge in [-0.1, -0.05) is 36.9 Å². The Labute approximate surface area is 233 Å². The topological polar surface area (TPSA) is 104 Å². The number of aromatic nitrogens is 2. The molecule has 0 saturated heterocycles. The Kier molecular flexibility index (Phi) is 8.78. The normalized spacial score (nSPS) is 10.9. The van der Waals surface area contributed by atoms with Crippen LogP contribution in [-0.2, 0) is 4.79 Å². The molecule has 1 aromatic heterocycles. The third-order valence-electron chi connectivity index (χ3n) is 6.11. The van der Waals surface area contributed by atoms with Gasteiger partial charge in [0.2, 0.25) is 5.91 Å². The molecule has 4 aromatic rings. The van der Waals surface area contributed by atoms with Gasteiger partial charge in [-0.05, 0) is 74.8 Å². The zero-order valence-electron chi connectivity index (χ0n) is 22.7. The van der Waals surface area contributed by atoms with Gasteiger partial charge >= 0.3 is 5.69 Å². The van der Waals surface area contributed by atoms with Gasteiger partial charge in [-0.3, -0.25) is 9.36 Å². The van der Waals surface area contributed by atoms with Gasteiger partial charge in [-0.15, -0.1) is 0 Å². The lowest BCUT2D eigenvalue weighted by Gasteiger charge is -2.17. The van der Waals surface area contributed by atoms with Crippen LogP contribution in [-0.4, -0.2) is 41.4 Å². The number of amides is 1. The summed E-state index contributed by atoms with van der Waals surface area (Å²) in [6, 6.07) is 23.6. The van der Waals surface area contributed by atoms with Crippen molar-refractivity contribution in [3.8, 4) is 22.9 Å². The Morgan fingerprint density at radius 1 is 1.00 bits per heavy atom. The highest BCUT2D eigenvalue weighted by molar-refractivity contribution is 6.01. The summed E-state index contributed by atoms with van der Waals surface area (Å²) in [7, 11) is 3.48. The maximum atomic E-state index is 14.0. The molecule has 40 heavy (non-hydrogen) atoms. The Hall–Kier alpha value is -5.15. The molecule has 0 spiro atoms. The van der Waals surface area contributed by atoms with Gasteiger partial charge in [0.1, 0.15) is 23.0 Å². The number of anilines is 2. The molecule has 3 aromatic carbocycles. The number of imidazole rings is 1. The average molecular weight is 537 g/mol. The van der Waals surface area contributed by atoms with Gasteiger partial charge in [0.15, 0.2) is 0 Å².